The molecule has 5 heteroatoms. The summed E-state index contributed by atoms with van der Waals surface area (Å²) in [5.74, 6) is 15.3. The first-order valence-electron chi connectivity index (χ1n) is 10.9. The molecule has 4 nitrogen and oxygen atoms in total. The molecule has 0 amide bonds. The average Bonchev–Trinajstić information content (AvgIpc) is 3.16. The SMILES string of the molecule is COCCOC1(CC#C/C(=C\CO)Sc2ccccc2)CCC=C1C#CC#COC(C)(C)C. The monoisotopic (exact) mass is 464 g/mol. The maximum atomic E-state index is 9.41. The molecule has 33 heavy (non-hydrogen) atoms. The van der Waals surface area contributed by atoms with Gasteiger partial charge in [0, 0.05) is 29.9 Å². The van der Waals surface area contributed by atoms with Crippen molar-refractivity contribution >= 4 is 11.8 Å². The molecule has 1 aromatic rings. The molecule has 0 radical (unpaired) electrons. The zero-order valence-corrected chi connectivity index (χ0v) is 20.7. The van der Waals surface area contributed by atoms with Crippen LogP contribution in [0.1, 0.15) is 40.0 Å². The van der Waals surface area contributed by atoms with Gasteiger partial charge in [-0.05, 0) is 57.7 Å². The lowest BCUT2D eigenvalue weighted by Gasteiger charge is -2.28. The van der Waals surface area contributed by atoms with E-state index in [-0.39, 0.29) is 12.2 Å². The first-order chi connectivity index (χ1) is 15.9. The van der Waals surface area contributed by atoms with Gasteiger partial charge in [0.05, 0.1) is 24.7 Å². The van der Waals surface area contributed by atoms with Gasteiger partial charge in [0.15, 0.2) is 0 Å². The van der Waals surface area contributed by atoms with Crippen LogP contribution in [-0.2, 0) is 14.2 Å². The Kier molecular flexibility index (Phi) is 11.2. The third kappa shape index (κ3) is 9.83. The van der Waals surface area contributed by atoms with Crippen LogP contribution in [0, 0.1) is 35.7 Å². The van der Waals surface area contributed by atoms with Gasteiger partial charge >= 0.3 is 0 Å². The molecule has 2 rings (SSSR count). The fourth-order valence-electron chi connectivity index (χ4n) is 3.03. The number of thioether (sulfide) groups is 1. The molecular formula is C28H32O4S. The van der Waals surface area contributed by atoms with Gasteiger partial charge in [0.1, 0.15) is 17.3 Å². The lowest BCUT2D eigenvalue weighted by molar-refractivity contribution is -0.0325. The van der Waals surface area contributed by atoms with E-state index < -0.39 is 5.60 Å². The van der Waals surface area contributed by atoms with E-state index in [1.165, 1.54) is 11.8 Å². The van der Waals surface area contributed by atoms with Crippen LogP contribution >= 0.6 is 11.8 Å². The van der Waals surface area contributed by atoms with Crippen LogP contribution in [0.5, 0.6) is 0 Å². The molecule has 0 aromatic heterocycles. The molecule has 0 saturated heterocycles. The number of hydrogen-bond acceptors (Lipinski definition) is 5. The van der Waals surface area contributed by atoms with Crippen molar-refractivity contribution in [3.63, 3.8) is 0 Å². The summed E-state index contributed by atoms with van der Waals surface area (Å²) in [6.45, 7) is 6.71. The van der Waals surface area contributed by atoms with E-state index in [0.717, 1.165) is 28.2 Å². The second-order valence-electron chi connectivity index (χ2n) is 8.33. The number of rotatable bonds is 8. The predicted octanol–water partition coefficient (Wildman–Crippen LogP) is 4.95. The van der Waals surface area contributed by atoms with Crippen LogP contribution in [-0.4, -0.2) is 43.2 Å². The van der Waals surface area contributed by atoms with Crippen LogP contribution in [0.25, 0.3) is 0 Å². The van der Waals surface area contributed by atoms with Crippen LogP contribution in [0.15, 0.2) is 57.9 Å². The second-order valence-corrected chi connectivity index (χ2v) is 9.44. The summed E-state index contributed by atoms with van der Waals surface area (Å²) in [6, 6.07) is 9.97. The summed E-state index contributed by atoms with van der Waals surface area (Å²) in [6.07, 6.45) is 8.62. The van der Waals surface area contributed by atoms with Gasteiger partial charge in [-0.3, -0.25) is 0 Å². The average molecular weight is 465 g/mol. The van der Waals surface area contributed by atoms with Crippen molar-refractivity contribution in [3.8, 4) is 35.7 Å². The summed E-state index contributed by atoms with van der Waals surface area (Å²) in [5, 5.41) is 9.41. The van der Waals surface area contributed by atoms with E-state index in [1.54, 1.807) is 13.2 Å². The molecule has 0 fully saturated rings. The standard InChI is InChI=1S/C28H32O4S/c1-27(2,3)31-21-9-8-12-24-13-10-18-28(24,32-23-22-30-4)19-11-16-26(17-20-29)33-25-14-6-5-7-15-25/h5-7,13-15,17,29H,10,18-20,22-23H2,1-4H3/b26-17+. The number of ether oxygens (including phenoxy) is 3. The minimum absolute atomic E-state index is 0.0642. The molecule has 1 N–H and O–H groups in total. The van der Waals surface area contributed by atoms with Gasteiger partial charge in [-0.25, -0.2) is 0 Å². The second kappa shape index (κ2) is 13.8. The molecule has 1 atom stereocenters. The minimum atomic E-state index is -0.590. The predicted molar refractivity (Wildman–Crippen MR) is 134 cm³/mol. The van der Waals surface area contributed by atoms with E-state index in [4.69, 9.17) is 14.2 Å². The third-order valence-electron chi connectivity index (χ3n) is 4.55. The summed E-state index contributed by atoms with van der Waals surface area (Å²) in [4.78, 5) is 1.87. The van der Waals surface area contributed by atoms with Gasteiger partial charge in [-0.1, -0.05) is 53.8 Å². The van der Waals surface area contributed by atoms with Crippen molar-refractivity contribution in [3.05, 3.63) is 53.0 Å². The Morgan fingerprint density at radius 1 is 1.18 bits per heavy atom. The van der Waals surface area contributed by atoms with Crippen molar-refractivity contribution in [2.24, 2.45) is 0 Å². The quantitative estimate of drug-likeness (QED) is 0.335. The molecule has 1 unspecified atom stereocenters. The lowest BCUT2D eigenvalue weighted by atomic mass is 9.91. The highest BCUT2D eigenvalue weighted by Gasteiger charge is 2.37. The van der Waals surface area contributed by atoms with Gasteiger partial charge in [-0.2, -0.15) is 0 Å². The minimum Gasteiger partial charge on any atom is -0.440 e. The van der Waals surface area contributed by atoms with E-state index in [9.17, 15) is 5.11 Å². The van der Waals surface area contributed by atoms with E-state index >= 15 is 0 Å². The Labute approximate surface area is 202 Å². The Morgan fingerprint density at radius 3 is 2.67 bits per heavy atom. The van der Waals surface area contributed by atoms with E-state index in [2.05, 4.69) is 41.8 Å². The maximum absolute atomic E-state index is 9.41. The summed E-state index contributed by atoms with van der Waals surface area (Å²) in [7, 11) is 1.65. The Hall–Kier alpha value is -2.59. The van der Waals surface area contributed by atoms with Crippen molar-refractivity contribution in [2.75, 3.05) is 26.9 Å². The first kappa shape index (κ1) is 26.7. The molecule has 0 spiro atoms. The fraction of sp³-hybridized carbons (Fsp3) is 0.429. The van der Waals surface area contributed by atoms with E-state index in [0.29, 0.717) is 19.6 Å². The van der Waals surface area contributed by atoms with Crippen molar-refractivity contribution in [1.29, 1.82) is 0 Å². The number of hydrogen-bond donors (Lipinski definition) is 1. The largest absolute Gasteiger partial charge is 0.440 e. The number of benzene rings is 1. The lowest BCUT2D eigenvalue weighted by Crippen LogP contribution is -2.33. The fourth-order valence-corrected chi connectivity index (χ4v) is 3.86. The Morgan fingerprint density at radius 2 is 1.97 bits per heavy atom. The molecule has 0 saturated carbocycles. The van der Waals surface area contributed by atoms with Crippen LogP contribution in [0.4, 0.5) is 0 Å². The van der Waals surface area contributed by atoms with Crippen molar-refractivity contribution in [2.45, 2.75) is 56.1 Å². The van der Waals surface area contributed by atoms with Gasteiger partial charge in [0.25, 0.3) is 0 Å². The molecule has 174 valence electrons. The van der Waals surface area contributed by atoms with Gasteiger partial charge < -0.3 is 19.3 Å². The number of allylic oxidation sites excluding steroid dienone is 2. The smallest absolute Gasteiger partial charge is 0.125 e. The summed E-state index contributed by atoms with van der Waals surface area (Å²) < 4.78 is 16.8. The van der Waals surface area contributed by atoms with Crippen LogP contribution < -0.4 is 0 Å². The number of methoxy groups -OCH3 is 1. The van der Waals surface area contributed by atoms with E-state index in [1.807, 2.05) is 51.1 Å². The zero-order chi connectivity index (χ0) is 24.0. The molecular weight excluding hydrogens is 432 g/mol. The molecule has 0 heterocycles. The summed E-state index contributed by atoms with van der Waals surface area (Å²) >= 11 is 1.53. The maximum Gasteiger partial charge on any atom is 0.125 e. The van der Waals surface area contributed by atoms with Crippen LogP contribution in [0.3, 0.4) is 0 Å². The molecule has 1 aliphatic rings. The number of aliphatic hydroxyl groups is 1. The number of aliphatic hydroxyl groups excluding tert-OH is 1. The molecule has 1 aliphatic carbocycles. The van der Waals surface area contributed by atoms with Crippen molar-refractivity contribution < 1.29 is 19.3 Å². The first-order valence-corrected chi connectivity index (χ1v) is 11.8. The molecule has 0 bridgehead atoms. The Bertz CT molecular complexity index is 1000. The topological polar surface area (TPSA) is 47.9 Å². The third-order valence-corrected chi connectivity index (χ3v) is 5.55. The summed E-state index contributed by atoms with van der Waals surface area (Å²) in [5.41, 5.74) is -0.0322. The van der Waals surface area contributed by atoms with Crippen LogP contribution in [0.2, 0.25) is 0 Å². The van der Waals surface area contributed by atoms with Gasteiger partial charge in [-0.15, -0.1) is 0 Å². The highest BCUT2D eigenvalue weighted by Crippen LogP contribution is 2.37. The highest BCUT2D eigenvalue weighted by atomic mass is 32.2. The highest BCUT2D eigenvalue weighted by molar-refractivity contribution is 8.03. The van der Waals surface area contributed by atoms with Gasteiger partial charge in [0.2, 0.25) is 0 Å². The molecule has 0 aliphatic heterocycles. The zero-order valence-electron chi connectivity index (χ0n) is 19.9. The Balaban J connectivity index is 2.18. The van der Waals surface area contributed by atoms with Crippen molar-refractivity contribution in [1.82, 2.24) is 0 Å². The molecule has 1 aromatic carbocycles. The normalized spacial score (nSPS) is 17.6.